The van der Waals surface area contributed by atoms with Gasteiger partial charge in [0.25, 0.3) is 0 Å². The number of thiol groups is 1. The lowest BCUT2D eigenvalue weighted by Crippen LogP contribution is -2.56. The fourth-order valence-electron chi connectivity index (χ4n) is 1.82. The van der Waals surface area contributed by atoms with Gasteiger partial charge in [-0.1, -0.05) is 0 Å². The van der Waals surface area contributed by atoms with Crippen LogP contribution in [-0.4, -0.2) is 70.6 Å². The number of hydrogen-bond donors (Lipinski definition) is 4. The van der Waals surface area contributed by atoms with Crippen molar-refractivity contribution in [3.05, 3.63) is 0 Å². The molecule has 1 saturated heterocycles. The van der Waals surface area contributed by atoms with Crippen LogP contribution in [0.4, 0.5) is 13.2 Å². The summed E-state index contributed by atoms with van der Waals surface area (Å²) in [6, 6.07) is -0.910. The first-order chi connectivity index (χ1) is 9.94. The summed E-state index contributed by atoms with van der Waals surface area (Å²) in [7, 11) is 1.98. The zero-order valence-corrected chi connectivity index (χ0v) is 12.5. The maximum atomic E-state index is 11.0. The number of alkyl halides is 3. The third-order valence-electron chi connectivity index (χ3n) is 3.11. The van der Waals surface area contributed by atoms with Crippen molar-refractivity contribution >= 4 is 31.0 Å². The van der Waals surface area contributed by atoms with Crippen molar-refractivity contribution in [3.8, 4) is 0 Å². The van der Waals surface area contributed by atoms with Gasteiger partial charge in [-0.2, -0.15) is 25.8 Å². The van der Waals surface area contributed by atoms with E-state index in [0.717, 1.165) is 13.1 Å². The predicted octanol–water partition coefficient (Wildman–Crippen LogP) is 0.213. The third kappa shape index (κ3) is 6.52. The highest BCUT2D eigenvalue weighted by molar-refractivity contribution is 7.82. The van der Waals surface area contributed by atoms with E-state index in [2.05, 4.69) is 22.8 Å². The number of nitrogens with zero attached hydrogens (tertiary/aromatic N) is 1. The minimum atomic E-state index is -5.08. The van der Waals surface area contributed by atoms with Crippen molar-refractivity contribution in [1.29, 1.82) is 0 Å². The Hall–Kier alpha value is -1.49. The molecular weight excluding hydrogens is 329 g/mol. The van der Waals surface area contributed by atoms with Crippen LogP contribution in [0.1, 0.15) is 12.8 Å². The van der Waals surface area contributed by atoms with Crippen LogP contribution in [0.5, 0.6) is 0 Å². The topological polar surface area (TPSA) is 107 Å². The molecule has 0 aromatic carbocycles. The van der Waals surface area contributed by atoms with Crippen molar-refractivity contribution in [1.82, 2.24) is 10.2 Å². The van der Waals surface area contributed by atoms with Gasteiger partial charge in [0.1, 0.15) is 6.04 Å². The standard InChI is InChI=1S/C9H16N2O3S.C2HF3O2/c1-11-4-2-9(15,3-5-11)7(8(13)14)10-6-12;3-2(4,5)1(6)7/h6-7,15H,2-5H2,1H3,(H,10,12)(H,13,14);(H,6,7). The Bertz CT molecular complexity index is 411. The Kier molecular flexibility index (Phi) is 7.67. The summed E-state index contributed by atoms with van der Waals surface area (Å²) in [5.41, 5.74) is 0. The van der Waals surface area contributed by atoms with Gasteiger partial charge < -0.3 is 20.4 Å². The second-order valence-corrected chi connectivity index (χ2v) is 5.66. The molecule has 0 bridgehead atoms. The first-order valence-corrected chi connectivity index (χ1v) is 6.52. The highest BCUT2D eigenvalue weighted by Gasteiger charge is 2.42. The molecule has 11 heteroatoms. The van der Waals surface area contributed by atoms with Crippen LogP contribution < -0.4 is 5.32 Å². The third-order valence-corrected chi connectivity index (χ3v) is 3.82. The van der Waals surface area contributed by atoms with E-state index >= 15 is 0 Å². The number of rotatable bonds is 4. The van der Waals surface area contributed by atoms with Crippen molar-refractivity contribution in [2.75, 3.05) is 20.1 Å². The largest absolute Gasteiger partial charge is 0.490 e. The van der Waals surface area contributed by atoms with Crippen molar-refractivity contribution in [2.45, 2.75) is 29.8 Å². The quantitative estimate of drug-likeness (QED) is 0.428. The van der Waals surface area contributed by atoms with E-state index in [9.17, 15) is 22.8 Å². The van der Waals surface area contributed by atoms with Crippen LogP contribution in [0.2, 0.25) is 0 Å². The smallest absolute Gasteiger partial charge is 0.480 e. The molecule has 7 nitrogen and oxygen atoms in total. The van der Waals surface area contributed by atoms with E-state index in [4.69, 9.17) is 15.0 Å². The van der Waals surface area contributed by atoms with E-state index in [1.54, 1.807) is 0 Å². The lowest BCUT2D eigenvalue weighted by molar-refractivity contribution is -0.192. The van der Waals surface area contributed by atoms with E-state index in [1.807, 2.05) is 7.05 Å². The van der Waals surface area contributed by atoms with Crippen LogP contribution in [0, 0.1) is 0 Å². The van der Waals surface area contributed by atoms with E-state index < -0.39 is 28.9 Å². The summed E-state index contributed by atoms with van der Waals surface area (Å²) < 4.78 is 31.1. The molecule has 1 atom stereocenters. The second kappa shape index (κ2) is 8.22. The number of halogens is 3. The number of carboxylic acids is 2. The predicted molar refractivity (Wildman–Crippen MR) is 72.8 cm³/mol. The van der Waals surface area contributed by atoms with Crippen LogP contribution >= 0.6 is 12.6 Å². The van der Waals surface area contributed by atoms with Gasteiger partial charge >= 0.3 is 18.1 Å². The molecule has 0 spiro atoms. The van der Waals surface area contributed by atoms with Crippen molar-refractivity contribution in [3.63, 3.8) is 0 Å². The van der Waals surface area contributed by atoms with Gasteiger partial charge in [-0.3, -0.25) is 4.79 Å². The van der Waals surface area contributed by atoms with Crippen LogP contribution in [0.25, 0.3) is 0 Å². The number of carboxylic acid groups (broad SMARTS) is 2. The molecule has 1 rings (SSSR count). The molecule has 1 unspecified atom stereocenters. The number of aliphatic carboxylic acids is 2. The Morgan fingerprint density at radius 1 is 1.32 bits per heavy atom. The molecule has 128 valence electrons. The van der Waals surface area contributed by atoms with Crippen molar-refractivity contribution < 1.29 is 37.8 Å². The maximum Gasteiger partial charge on any atom is 0.490 e. The summed E-state index contributed by atoms with van der Waals surface area (Å²) in [6.45, 7) is 1.60. The normalized spacial score (nSPS) is 19.3. The molecule has 0 saturated carbocycles. The molecule has 1 fully saturated rings. The first kappa shape index (κ1) is 20.5. The molecule has 1 aliphatic rings. The number of amides is 1. The lowest BCUT2D eigenvalue weighted by Gasteiger charge is -2.40. The molecule has 3 N–H and O–H groups in total. The molecular formula is C11H17F3N2O5S. The van der Waals surface area contributed by atoms with Gasteiger partial charge in [-0.25, -0.2) is 9.59 Å². The average Bonchev–Trinajstić information content (AvgIpc) is 2.39. The van der Waals surface area contributed by atoms with E-state index in [0.29, 0.717) is 19.3 Å². The molecule has 1 heterocycles. The Balaban J connectivity index is 0.000000534. The Morgan fingerprint density at radius 2 is 1.73 bits per heavy atom. The molecule has 0 aromatic heterocycles. The minimum absolute atomic E-state index is 0.426. The monoisotopic (exact) mass is 346 g/mol. The fraction of sp³-hybridized carbons (Fsp3) is 0.727. The summed E-state index contributed by atoms with van der Waals surface area (Å²) >= 11 is 4.43. The zero-order chi connectivity index (χ0) is 17.6. The molecule has 0 aliphatic carbocycles. The average molecular weight is 346 g/mol. The molecule has 22 heavy (non-hydrogen) atoms. The number of hydrogen-bond acceptors (Lipinski definition) is 5. The Labute approximate surface area is 129 Å². The van der Waals surface area contributed by atoms with Crippen LogP contribution in [0.3, 0.4) is 0 Å². The summed E-state index contributed by atoms with van der Waals surface area (Å²) in [5, 5.41) is 18.5. The van der Waals surface area contributed by atoms with Gasteiger partial charge in [0.05, 0.1) is 0 Å². The van der Waals surface area contributed by atoms with Crippen molar-refractivity contribution in [2.24, 2.45) is 0 Å². The number of carbonyl (C=O) groups excluding carboxylic acids is 1. The highest BCUT2D eigenvalue weighted by atomic mass is 32.1. The SMILES string of the molecule is CN1CCC(S)(C(NC=O)C(=O)O)CC1.O=C(O)C(F)(F)F. The Morgan fingerprint density at radius 3 is 2.00 bits per heavy atom. The highest BCUT2D eigenvalue weighted by Crippen LogP contribution is 2.31. The molecule has 0 aromatic rings. The summed E-state index contributed by atoms with van der Waals surface area (Å²) in [6.07, 6.45) is -3.34. The molecule has 1 aliphatic heterocycles. The van der Waals surface area contributed by atoms with Gasteiger partial charge in [0.2, 0.25) is 6.41 Å². The lowest BCUT2D eigenvalue weighted by atomic mass is 9.88. The maximum absolute atomic E-state index is 11.0. The van der Waals surface area contributed by atoms with Gasteiger partial charge in [-0.15, -0.1) is 0 Å². The van der Waals surface area contributed by atoms with Crippen LogP contribution in [-0.2, 0) is 14.4 Å². The first-order valence-electron chi connectivity index (χ1n) is 6.07. The summed E-state index contributed by atoms with van der Waals surface area (Å²) in [5.74, 6) is -3.78. The van der Waals surface area contributed by atoms with Gasteiger partial charge in [0, 0.05) is 4.75 Å². The van der Waals surface area contributed by atoms with Gasteiger partial charge in [0.15, 0.2) is 0 Å². The van der Waals surface area contributed by atoms with E-state index in [1.165, 1.54) is 0 Å². The molecule has 0 radical (unpaired) electrons. The number of piperidine rings is 1. The number of nitrogens with one attached hydrogen (secondary N) is 1. The number of likely N-dealkylation sites (tertiary alicyclic amines) is 1. The van der Waals surface area contributed by atoms with E-state index in [-0.39, 0.29) is 0 Å². The zero-order valence-electron chi connectivity index (χ0n) is 11.6. The fourth-order valence-corrected chi connectivity index (χ4v) is 2.20. The molecule has 1 amide bonds. The van der Waals surface area contributed by atoms with Gasteiger partial charge in [-0.05, 0) is 33.0 Å². The van der Waals surface area contributed by atoms with Crippen LogP contribution in [0.15, 0.2) is 0 Å². The minimum Gasteiger partial charge on any atom is -0.480 e. The number of carbonyl (C=O) groups is 3. The summed E-state index contributed by atoms with van der Waals surface area (Å²) in [4.78, 5) is 32.4. The second-order valence-electron chi connectivity index (χ2n) is 4.77.